The van der Waals surface area contributed by atoms with Crippen molar-refractivity contribution in [1.82, 2.24) is 4.90 Å². The summed E-state index contributed by atoms with van der Waals surface area (Å²) >= 11 is 0. The molecule has 1 N–H and O–H groups in total. The number of benzene rings is 1. The Morgan fingerprint density at radius 3 is 2.54 bits per heavy atom. The third kappa shape index (κ3) is 4.47. The first-order valence-corrected chi connectivity index (χ1v) is 9.42. The van der Waals surface area contributed by atoms with E-state index in [-0.39, 0.29) is 30.9 Å². The van der Waals surface area contributed by atoms with E-state index >= 15 is 0 Å². The lowest BCUT2D eigenvalue weighted by molar-refractivity contribution is -0.130. The first kappa shape index (κ1) is 21.8. The van der Waals surface area contributed by atoms with E-state index in [0.29, 0.717) is 29.6 Å². The van der Waals surface area contributed by atoms with Gasteiger partial charge in [0.1, 0.15) is 0 Å². The lowest BCUT2D eigenvalue weighted by Crippen LogP contribution is -2.34. The van der Waals surface area contributed by atoms with Crippen LogP contribution in [0.3, 0.4) is 0 Å². The molecule has 0 radical (unpaired) electrons. The largest absolute Gasteiger partial charge is 0.503 e. The van der Waals surface area contributed by atoms with Crippen LogP contribution in [0.5, 0.6) is 11.5 Å². The molecule has 1 heterocycles. The number of carbonyl (C=O) groups excluding carboxylic acids is 2. The number of Topliss-reactive ketones (excluding diaryl/α,β-unsaturated/α-hetero) is 1. The molecule has 0 bridgehead atoms. The molecule has 28 heavy (non-hydrogen) atoms. The van der Waals surface area contributed by atoms with Crippen LogP contribution in [0.1, 0.15) is 38.8 Å². The summed E-state index contributed by atoms with van der Waals surface area (Å²) in [4.78, 5) is 26.6. The second kappa shape index (κ2) is 9.59. The van der Waals surface area contributed by atoms with Gasteiger partial charge in [-0.15, -0.1) is 0 Å². The molecule has 2 rings (SSSR count). The minimum absolute atomic E-state index is 0.114. The van der Waals surface area contributed by atoms with Gasteiger partial charge in [0.05, 0.1) is 31.9 Å². The van der Waals surface area contributed by atoms with Gasteiger partial charge in [-0.05, 0) is 23.6 Å². The van der Waals surface area contributed by atoms with Crippen LogP contribution in [0.2, 0.25) is 0 Å². The summed E-state index contributed by atoms with van der Waals surface area (Å²) in [6, 6.07) is 4.59. The van der Waals surface area contributed by atoms with Crippen molar-refractivity contribution in [3.05, 3.63) is 35.1 Å². The molecule has 1 aliphatic rings. The highest BCUT2D eigenvalue weighted by molar-refractivity contribution is 6.08. The number of methoxy groups -OCH3 is 2. The Morgan fingerprint density at radius 2 is 1.96 bits per heavy atom. The molecule has 1 atom stereocenters. The van der Waals surface area contributed by atoms with Crippen molar-refractivity contribution in [2.24, 2.45) is 5.92 Å². The van der Waals surface area contributed by atoms with E-state index < -0.39 is 17.7 Å². The van der Waals surface area contributed by atoms with E-state index in [9.17, 15) is 14.7 Å². The SMILES string of the molecule is CCC(=O)C1=C(O)C(=O)N(CCOC)C1c1ccc(OC)c(OCC(C)C)c1. The van der Waals surface area contributed by atoms with Gasteiger partial charge in [-0.3, -0.25) is 9.59 Å². The lowest BCUT2D eigenvalue weighted by Gasteiger charge is -2.27. The summed E-state index contributed by atoms with van der Waals surface area (Å²) < 4.78 is 16.3. The summed E-state index contributed by atoms with van der Waals surface area (Å²) in [5, 5.41) is 10.4. The third-order valence-electron chi connectivity index (χ3n) is 4.54. The average Bonchev–Trinajstić information content (AvgIpc) is 2.94. The van der Waals surface area contributed by atoms with Crippen LogP contribution in [0.25, 0.3) is 0 Å². The normalized spacial score (nSPS) is 16.9. The Labute approximate surface area is 165 Å². The molecule has 0 spiro atoms. The maximum absolute atomic E-state index is 12.6. The van der Waals surface area contributed by atoms with Crippen molar-refractivity contribution in [3.63, 3.8) is 0 Å². The van der Waals surface area contributed by atoms with E-state index in [0.717, 1.165) is 0 Å². The molecule has 0 saturated heterocycles. The Balaban J connectivity index is 2.51. The van der Waals surface area contributed by atoms with Crippen LogP contribution in [0.4, 0.5) is 0 Å². The van der Waals surface area contributed by atoms with Gasteiger partial charge in [0, 0.05) is 20.1 Å². The summed E-state index contributed by atoms with van der Waals surface area (Å²) in [6.07, 6.45) is 0.189. The Hall–Kier alpha value is -2.54. The minimum Gasteiger partial charge on any atom is -0.503 e. The Kier molecular flexibility index (Phi) is 7.45. The molecule has 1 aromatic carbocycles. The monoisotopic (exact) mass is 391 g/mol. The smallest absolute Gasteiger partial charge is 0.290 e. The van der Waals surface area contributed by atoms with Gasteiger partial charge < -0.3 is 24.2 Å². The van der Waals surface area contributed by atoms with Crippen LogP contribution in [0, 0.1) is 5.92 Å². The van der Waals surface area contributed by atoms with Gasteiger partial charge >= 0.3 is 0 Å². The minimum atomic E-state index is -0.692. The van der Waals surface area contributed by atoms with E-state index in [1.54, 1.807) is 32.2 Å². The highest BCUT2D eigenvalue weighted by Gasteiger charge is 2.42. The van der Waals surface area contributed by atoms with Crippen LogP contribution >= 0.6 is 0 Å². The fourth-order valence-electron chi connectivity index (χ4n) is 3.13. The van der Waals surface area contributed by atoms with E-state index in [1.165, 1.54) is 12.0 Å². The van der Waals surface area contributed by atoms with Gasteiger partial charge in [-0.2, -0.15) is 0 Å². The zero-order valence-corrected chi connectivity index (χ0v) is 17.2. The van der Waals surface area contributed by atoms with Crippen molar-refractivity contribution in [2.75, 3.05) is 34.0 Å². The summed E-state index contributed by atoms with van der Waals surface area (Å²) in [6.45, 7) is 6.81. The zero-order valence-electron chi connectivity index (χ0n) is 17.2. The molecule has 0 saturated carbocycles. The van der Waals surface area contributed by atoms with Gasteiger partial charge in [0.2, 0.25) is 0 Å². The molecule has 154 valence electrons. The topological polar surface area (TPSA) is 85.3 Å². The number of hydrogen-bond donors (Lipinski definition) is 1. The maximum atomic E-state index is 12.6. The number of nitrogens with zero attached hydrogens (tertiary/aromatic N) is 1. The Bertz CT molecular complexity index is 755. The predicted molar refractivity (Wildman–Crippen MR) is 105 cm³/mol. The number of aliphatic hydroxyl groups excluding tert-OH is 1. The van der Waals surface area contributed by atoms with Crippen LogP contribution in [-0.4, -0.2) is 55.7 Å². The second-order valence-corrected chi connectivity index (χ2v) is 7.05. The van der Waals surface area contributed by atoms with Crippen molar-refractivity contribution < 1.29 is 28.9 Å². The number of ether oxygens (including phenoxy) is 3. The molecule has 0 aromatic heterocycles. The molecule has 7 nitrogen and oxygen atoms in total. The quantitative estimate of drug-likeness (QED) is 0.660. The molecule has 0 fully saturated rings. The number of amides is 1. The van der Waals surface area contributed by atoms with Crippen molar-refractivity contribution in [2.45, 2.75) is 33.2 Å². The third-order valence-corrected chi connectivity index (χ3v) is 4.54. The van der Waals surface area contributed by atoms with Crippen LogP contribution < -0.4 is 9.47 Å². The first-order chi connectivity index (χ1) is 13.3. The standard InChI is InChI=1S/C21H29NO6/c1-6-15(23)18-19(22(9-10-26-4)21(25)20(18)24)14-7-8-16(27-5)17(11-14)28-12-13(2)3/h7-8,11,13,19,24H,6,9-10,12H2,1-5H3. The molecule has 1 unspecified atom stereocenters. The number of rotatable bonds is 10. The van der Waals surface area contributed by atoms with Gasteiger partial charge in [-0.25, -0.2) is 0 Å². The van der Waals surface area contributed by atoms with E-state index in [4.69, 9.17) is 14.2 Å². The van der Waals surface area contributed by atoms with Gasteiger partial charge in [-0.1, -0.05) is 26.8 Å². The predicted octanol–water partition coefficient (Wildman–Crippen LogP) is 3.05. The molecule has 0 aliphatic carbocycles. The van der Waals surface area contributed by atoms with Crippen LogP contribution in [-0.2, 0) is 14.3 Å². The van der Waals surface area contributed by atoms with Crippen molar-refractivity contribution in [1.29, 1.82) is 0 Å². The fraction of sp³-hybridized carbons (Fsp3) is 0.524. The van der Waals surface area contributed by atoms with Crippen molar-refractivity contribution in [3.8, 4) is 11.5 Å². The highest BCUT2D eigenvalue weighted by atomic mass is 16.5. The number of aliphatic hydroxyl groups is 1. The summed E-state index contributed by atoms with van der Waals surface area (Å²) in [5.41, 5.74) is 0.786. The zero-order chi connectivity index (χ0) is 20.8. The second-order valence-electron chi connectivity index (χ2n) is 7.05. The number of hydrogen-bond acceptors (Lipinski definition) is 6. The molecular weight excluding hydrogens is 362 g/mol. The van der Waals surface area contributed by atoms with E-state index in [2.05, 4.69) is 0 Å². The average molecular weight is 391 g/mol. The highest BCUT2D eigenvalue weighted by Crippen LogP contribution is 2.41. The Morgan fingerprint density at radius 1 is 1.25 bits per heavy atom. The number of ketones is 1. The summed E-state index contributed by atoms with van der Waals surface area (Å²) in [5.74, 6) is 0.0843. The van der Waals surface area contributed by atoms with Gasteiger partial charge in [0.15, 0.2) is 23.0 Å². The van der Waals surface area contributed by atoms with Crippen LogP contribution in [0.15, 0.2) is 29.5 Å². The van der Waals surface area contributed by atoms with E-state index in [1.807, 2.05) is 13.8 Å². The first-order valence-electron chi connectivity index (χ1n) is 9.42. The molecule has 1 aliphatic heterocycles. The molecular formula is C21H29NO6. The molecule has 1 aromatic rings. The molecule has 1 amide bonds. The number of carbonyl (C=O) groups is 2. The lowest BCUT2D eigenvalue weighted by atomic mass is 9.94. The molecule has 7 heteroatoms. The maximum Gasteiger partial charge on any atom is 0.290 e. The summed E-state index contributed by atoms with van der Waals surface area (Å²) in [7, 11) is 3.09. The van der Waals surface area contributed by atoms with Crippen molar-refractivity contribution >= 4 is 11.7 Å². The fourth-order valence-corrected chi connectivity index (χ4v) is 3.13. The van der Waals surface area contributed by atoms with Gasteiger partial charge in [0.25, 0.3) is 5.91 Å².